The highest BCUT2D eigenvalue weighted by atomic mass is 79.9. The van der Waals surface area contributed by atoms with Gasteiger partial charge in [-0.3, -0.25) is 4.98 Å². The van der Waals surface area contributed by atoms with E-state index in [1.165, 1.54) is 17.7 Å². The molecule has 0 aliphatic carbocycles. The first kappa shape index (κ1) is 14.2. The minimum absolute atomic E-state index is 0.213. The van der Waals surface area contributed by atoms with Gasteiger partial charge in [-0.15, -0.1) is 0 Å². The maximum atomic E-state index is 13.0. The van der Waals surface area contributed by atoms with Crippen molar-refractivity contribution >= 4 is 15.9 Å². The lowest BCUT2D eigenvalue weighted by molar-refractivity contribution is 0.330. The predicted molar refractivity (Wildman–Crippen MR) is 78.4 cm³/mol. The summed E-state index contributed by atoms with van der Waals surface area (Å²) in [5, 5.41) is 0. The Morgan fingerprint density at radius 1 is 1.21 bits per heavy atom. The van der Waals surface area contributed by atoms with E-state index in [0.717, 1.165) is 29.5 Å². The summed E-state index contributed by atoms with van der Waals surface area (Å²) in [7, 11) is 2.07. The number of pyridine rings is 1. The smallest absolute Gasteiger partial charge is 0.124 e. The van der Waals surface area contributed by atoms with Crippen LogP contribution in [-0.2, 0) is 13.0 Å². The van der Waals surface area contributed by atoms with Gasteiger partial charge in [0.15, 0.2) is 0 Å². The Hall–Kier alpha value is -1.26. The summed E-state index contributed by atoms with van der Waals surface area (Å²) in [5.41, 5.74) is 2.37. The van der Waals surface area contributed by atoms with Crippen LogP contribution in [0.2, 0.25) is 0 Å². The van der Waals surface area contributed by atoms with E-state index in [-0.39, 0.29) is 5.82 Å². The predicted octanol–water partition coefficient (Wildman–Crippen LogP) is 3.66. The summed E-state index contributed by atoms with van der Waals surface area (Å²) in [6.45, 7) is 1.75. The van der Waals surface area contributed by atoms with Crippen LogP contribution in [0.3, 0.4) is 0 Å². The molecular formula is C15H16BrFN2. The average molecular weight is 323 g/mol. The second-order valence-corrected chi connectivity index (χ2v) is 5.43. The maximum absolute atomic E-state index is 13.0. The molecule has 0 bridgehead atoms. The fourth-order valence-electron chi connectivity index (χ4n) is 1.89. The van der Waals surface area contributed by atoms with Gasteiger partial charge in [-0.05, 0) is 48.9 Å². The van der Waals surface area contributed by atoms with Crippen molar-refractivity contribution < 1.29 is 4.39 Å². The number of halogens is 2. The van der Waals surface area contributed by atoms with Crippen LogP contribution in [0.25, 0.3) is 0 Å². The Morgan fingerprint density at radius 3 is 2.63 bits per heavy atom. The average Bonchev–Trinajstić information content (AvgIpc) is 2.41. The van der Waals surface area contributed by atoms with Gasteiger partial charge in [0.25, 0.3) is 0 Å². The zero-order chi connectivity index (χ0) is 13.7. The fourth-order valence-corrected chi connectivity index (χ4v) is 2.37. The van der Waals surface area contributed by atoms with Gasteiger partial charge < -0.3 is 4.90 Å². The summed E-state index contributed by atoms with van der Waals surface area (Å²) in [6.07, 6.45) is 4.61. The van der Waals surface area contributed by atoms with Crippen molar-refractivity contribution in [1.82, 2.24) is 9.88 Å². The molecule has 2 nitrogen and oxygen atoms in total. The SMILES string of the molecule is CN(CCc1ccncc1)Cc1ccc(F)cc1Br. The molecule has 4 heteroatoms. The topological polar surface area (TPSA) is 16.1 Å². The molecule has 100 valence electrons. The Labute approximate surface area is 121 Å². The number of aromatic nitrogens is 1. The van der Waals surface area contributed by atoms with Crippen molar-refractivity contribution in [2.24, 2.45) is 0 Å². The van der Waals surface area contributed by atoms with Crippen molar-refractivity contribution in [2.45, 2.75) is 13.0 Å². The molecular weight excluding hydrogens is 307 g/mol. The van der Waals surface area contributed by atoms with E-state index in [9.17, 15) is 4.39 Å². The van der Waals surface area contributed by atoms with Crippen molar-refractivity contribution in [3.63, 3.8) is 0 Å². The molecule has 0 unspecified atom stereocenters. The van der Waals surface area contributed by atoms with E-state index >= 15 is 0 Å². The molecule has 0 aliphatic heterocycles. The number of nitrogens with zero attached hydrogens (tertiary/aromatic N) is 2. The molecule has 0 fully saturated rings. The number of hydrogen-bond donors (Lipinski definition) is 0. The Kier molecular flexibility index (Phi) is 5.05. The monoisotopic (exact) mass is 322 g/mol. The fraction of sp³-hybridized carbons (Fsp3) is 0.267. The highest BCUT2D eigenvalue weighted by Gasteiger charge is 2.05. The first-order valence-corrected chi connectivity index (χ1v) is 6.96. The number of likely N-dealkylation sites (N-methyl/N-ethyl adjacent to an activating group) is 1. The molecule has 0 amide bonds. The zero-order valence-corrected chi connectivity index (χ0v) is 12.4. The molecule has 19 heavy (non-hydrogen) atoms. The molecule has 1 aromatic carbocycles. The van der Waals surface area contributed by atoms with Crippen molar-refractivity contribution in [1.29, 1.82) is 0 Å². The summed E-state index contributed by atoms with van der Waals surface area (Å²) < 4.78 is 13.8. The van der Waals surface area contributed by atoms with Crippen LogP contribution in [-0.4, -0.2) is 23.5 Å². The molecule has 1 heterocycles. The molecule has 0 saturated heterocycles. The second kappa shape index (κ2) is 6.78. The van der Waals surface area contributed by atoms with Crippen LogP contribution in [0.15, 0.2) is 47.2 Å². The van der Waals surface area contributed by atoms with Gasteiger partial charge >= 0.3 is 0 Å². The molecule has 1 aromatic heterocycles. The minimum atomic E-state index is -0.213. The van der Waals surface area contributed by atoms with Gasteiger partial charge in [0, 0.05) is 30.0 Å². The summed E-state index contributed by atoms with van der Waals surface area (Å²) in [4.78, 5) is 6.23. The van der Waals surface area contributed by atoms with Gasteiger partial charge in [0.2, 0.25) is 0 Å². The molecule has 2 rings (SSSR count). The van der Waals surface area contributed by atoms with Crippen LogP contribution in [0.4, 0.5) is 4.39 Å². The van der Waals surface area contributed by atoms with E-state index < -0.39 is 0 Å². The lowest BCUT2D eigenvalue weighted by Gasteiger charge is -2.17. The summed E-state index contributed by atoms with van der Waals surface area (Å²) >= 11 is 3.40. The first-order chi connectivity index (χ1) is 9.15. The van der Waals surface area contributed by atoms with E-state index in [2.05, 4.69) is 32.9 Å². The van der Waals surface area contributed by atoms with Gasteiger partial charge in [0.05, 0.1) is 0 Å². The first-order valence-electron chi connectivity index (χ1n) is 6.16. The summed E-state index contributed by atoms with van der Waals surface area (Å²) in [5.74, 6) is -0.213. The van der Waals surface area contributed by atoms with Crippen LogP contribution in [0, 0.1) is 5.82 Å². The Morgan fingerprint density at radius 2 is 1.95 bits per heavy atom. The van der Waals surface area contributed by atoms with Crippen LogP contribution < -0.4 is 0 Å². The number of benzene rings is 1. The van der Waals surface area contributed by atoms with Gasteiger partial charge in [-0.2, -0.15) is 0 Å². The molecule has 0 aliphatic rings. The molecule has 0 spiro atoms. The van der Waals surface area contributed by atoms with Gasteiger partial charge in [-0.1, -0.05) is 22.0 Å². The minimum Gasteiger partial charge on any atom is -0.302 e. The second-order valence-electron chi connectivity index (χ2n) is 4.58. The third kappa shape index (κ3) is 4.40. The third-order valence-electron chi connectivity index (χ3n) is 2.99. The summed E-state index contributed by atoms with van der Waals surface area (Å²) in [6, 6.07) is 8.88. The van der Waals surface area contributed by atoms with E-state index in [1.807, 2.05) is 30.6 Å². The van der Waals surface area contributed by atoms with Crippen LogP contribution >= 0.6 is 15.9 Å². The molecule has 0 saturated carbocycles. The Bertz CT molecular complexity index is 531. The van der Waals surface area contributed by atoms with E-state index in [0.29, 0.717) is 0 Å². The molecule has 0 radical (unpaired) electrons. The number of hydrogen-bond acceptors (Lipinski definition) is 2. The Balaban J connectivity index is 1.89. The standard InChI is InChI=1S/C15H16BrFN2/c1-19(9-6-12-4-7-18-8-5-12)11-13-2-3-14(17)10-15(13)16/h2-5,7-8,10H,6,9,11H2,1H3. The lowest BCUT2D eigenvalue weighted by Crippen LogP contribution is -2.21. The lowest BCUT2D eigenvalue weighted by atomic mass is 10.1. The quantitative estimate of drug-likeness (QED) is 0.835. The van der Waals surface area contributed by atoms with Crippen molar-refractivity contribution in [3.05, 3.63) is 64.1 Å². The molecule has 0 N–H and O–H groups in total. The highest BCUT2D eigenvalue weighted by molar-refractivity contribution is 9.10. The van der Waals surface area contributed by atoms with Crippen molar-refractivity contribution in [3.8, 4) is 0 Å². The van der Waals surface area contributed by atoms with Gasteiger partial charge in [-0.25, -0.2) is 4.39 Å². The normalized spacial score (nSPS) is 10.9. The number of rotatable bonds is 5. The van der Waals surface area contributed by atoms with Crippen LogP contribution in [0.1, 0.15) is 11.1 Å². The van der Waals surface area contributed by atoms with E-state index in [1.54, 1.807) is 0 Å². The van der Waals surface area contributed by atoms with Gasteiger partial charge in [0.1, 0.15) is 5.82 Å². The molecule has 2 aromatic rings. The largest absolute Gasteiger partial charge is 0.302 e. The molecule has 0 atom stereocenters. The van der Waals surface area contributed by atoms with Crippen LogP contribution in [0.5, 0.6) is 0 Å². The maximum Gasteiger partial charge on any atom is 0.124 e. The third-order valence-corrected chi connectivity index (χ3v) is 3.73. The highest BCUT2D eigenvalue weighted by Crippen LogP contribution is 2.19. The van der Waals surface area contributed by atoms with E-state index in [4.69, 9.17) is 0 Å². The zero-order valence-electron chi connectivity index (χ0n) is 10.8. The van der Waals surface area contributed by atoms with Crippen molar-refractivity contribution in [2.75, 3.05) is 13.6 Å².